The molecule has 32 heavy (non-hydrogen) atoms. The quantitative estimate of drug-likeness (QED) is 0.277. The molecule has 2 aromatic rings. The normalized spacial score (nSPS) is 15.3. The van der Waals surface area contributed by atoms with E-state index in [2.05, 4.69) is 15.9 Å². The molecule has 0 atom stereocenters. The van der Waals surface area contributed by atoms with Crippen LogP contribution in [0.15, 0.2) is 56.7 Å². The van der Waals surface area contributed by atoms with Crippen molar-refractivity contribution in [3.8, 4) is 5.75 Å². The highest BCUT2D eigenvalue weighted by molar-refractivity contribution is 9.10. The van der Waals surface area contributed by atoms with Crippen LogP contribution < -0.4 is 4.18 Å². The molecule has 12 heteroatoms. The molecule has 0 aromatic heterocycles. The van der Waals surface area contributed by atoms with Crippen molar-refractivity contribution in [2.75, 3.05) is 13.2 Å². The fraction of sp³-hybridized carbons (Fsp3) is 0.150. The lowest BCUT2D eigenvalue weighted by atomic mass is 10.2. The Labute approximate surface area is 201 Å². The SMILES string of the molecule is CCOC(=O)CN1C(=O)S/C(=C\c2ccc(OS(=O)(=O)c3ccc(Cl)cc3)c(Br)c2)C1=O. The zero-order chi connectivity index (χ0) is 23.5. The fourth-order valence-corrected chi connectivity index (χ4v) is 5.06. The number of thioether (sulfide) groups is 1. The van der Waals surface area contributed by atoms with Crippen LogP contribution in [0.2, 0.25) is 5.02 Å². The highest BCUT2D eigenvalue weighted by Gasteiger charge is 2.36. The van der Waals surface area contributed by atoms with Gasteiger partial charge < -0.3 is 8.92 Å². The van der Waals surface area contributed by atoms with Gasteiger partial charge in [0.1, 0.15) is 11.4 Å². The van der Waals surface area contributed by atoms with Crippen LogP contribution in [0.25, 0.3) is 6.08 Å². The van der Waals surface area contributed by atoms with E-state index >= 15 is 0 Å². The van der Waals surface area contributed by atoms with E-state index in [9.17, 15) is 22.8 Å². The molecule has 1 aliphatic heterocycles. The minimum Gasteiger partial charge on any atom is -0.465 e. The zero-order valence-electron chi connectivity index (χ0n) is 16.4. The van der Waals surface area contributed by atoms with E-state index < -0.39 is 33.8 Å². The molecule has 1 fully saturated rings. The lowest BCUT2D eigenvalue weighted by Gasteiger charge is -2.11. The maximum atomic E-state index is 12.5. The topological polar surface area (TPSA) is 107 Å². The molecule has 0 unspecified atom stereocenters. The molecule has 2 aromatic carbocycles. The number of imide groups is 1. The highest BCUT2D eigenvalue weighted by atomic mass is 79.9. The second kappa shape index (κ2) is 10.1. The average Bonchev–Trinajstić information content (AvgIpc) is 2.98. The third-order valence-corrected chi connectivity index (χ3v) is 7.05. The molecule has 0 N–H and O–H groups in total. The van der Waals surface area contributed by atoms with Crippen LogP contribution in [0.4, 0.5) is 4.79 Å². The van der Waals surface area contributed by atoms with E-state index in [0.29, 0.717) is 26.8 Å². The number of carbonyl (C=O) groups excluding carboxylic acids is 3. The number of hydrogen-bond donors (Lipinski definition) is 0. The van der Waals surface area contributed by atoms with E-state index in [0.717, 1.165) is 4.90 Å². The number of carbonyl (C=O) groups is 3. The summed E-state index contributed by atoms with van der Waals surface area (Å²) >= 11 is 9.73. The summed E-state index contributed by atoms with van der Waals surface area (Å²) in [6.45, 7) is 1.30. The Hall–Kier alpha value is -2.34. The van der Waals surface area contributed by atoms with Gasteiger partial charge in [-0.05, 0) is 82.7 Å². The second-order valence-electron chi connectivity index (χ2n) is 6.25. The molecule has 1 saturated heterocycles. The lowest BCUT2D eigenvalue weighted by Crippen LogP contribution is -2.34. The molecule has 0 saturated carbocycles. The van der Waals surface area contributed by atoms with Crippen molar-refractivity contribution >= 4 is 72.6 Å². The number of halogens is 2. The molecule has 1 heterocycles. The smallest absolute Gasteiger partial charge is 0.339 e. The molecular weight excluding hydrogens is 546 g/mol. The van der Waals surface area contributed by atoms with Crippen LogP contribution in [0.1, 0.15) is 12.5 Å². The van der Waals surface area contributed by atoms with Gasteiger partial charge in [-0.2, -0.15) is 8.42 Å². The van der Waals surface area contributed by atoms with Crippen LogP contribution in [-0.2, 0) is 24.4 Å². The van der Waals surface area contributed by atoms with Gasteiger partial charge in [-0.25, -0.2) is 0 Å². The standard InChI is InChI=1S/C20H15BrClNO7S2/c1-2-29-18(24)11-23-19(25)17(31-20(23)26)10-12-3-8-16(15(21)9-12)30-32(27,28)14-6-4-13(22)5-7-14/h3-10H,2,11H2,1H3/b17-10-. The van der Waals surface area contributed by atoms with Crippen molar-refractivity contribution in [1.29, 1.82) is 0 Å². The summed E-state index contributed by atoms with van der Waals surface area (Å²) in [6.07, 6.45) is 1.46. The fourth-order valence-electron chi connectivity index (χ4n) is 2.57. The van der Waals surface area contributed by atoms with E-state index in [1.54, 1.807) is 6.92 Å². The number of hydrogen-bond acceptors (Lipinski definition) is 8. The van der Waals surface area contributed by atoms with Gasteiger partial charge >= 0.3 is 16.1 Å². The minimum atomic E-state index is -4.08. The van der Waals surface area contributed by atoms with Gasteiger partial charge in [0.25, 0.3) is 11.1 Å². The second-order valence-corrected chi connectivity index (χ2v) is 10.1. The van der Waals surface area contributed by atoms with E-state index in [4.69, 9.17) is 20.5 Å². The van der Waals surface area contributed by atoms with Crippen LogP contribution in [0.3, 0.4) is 0 Å². The predicted octanol–water partition coefficient (Wildman–Crippen LogP) is 4.47. The summed E-state index contributed by atoms with van der Waals surface area (Å²) in [4.78, 5) is 37.0. The predicted molar refractivity (Wildman–Crippen MR) is 123 cm³/mol. The first kappa shape index (κ1) is 24.3. The molecular formula is C20H15BrClNO7S2. The Morgan fingerprint density at radius 1 is 1.19 bits per heavy atom. The molecule has 1 aliphatic rings. The molecule has 0 spiro atoms. The zero-order valence-corrected chi connectivity index (χ0v) is 20.4. The van der Waals surface area contributed by atoms with Crippen molar-refractivity contribution in [2.24, 2.45) is 0 Å². The lowest BCUT2D eigenvalue weighted by molar-refractivity contribution is -0.145. The average molecular weight is 561 g/mol. The molecule has 0 aliphatic carbocycles. The van der Waals surface area contributed by atoms with Crippen molar-refractivity contribution in [3.63, 3.8) is 0 Å². The van der Waals surface area contributed by atoms with E-state index in [1.165, 1.54) is 48.5 Å². The van der Waals surface area contributed by atoms with Gasteiger partial charge in [0.15, 0.2) is 5.75 Å². The molecule has 0 radical (unpaired) electrons. The highest BCUT2D eigenvalue weighted by Crippen LogP contribution is 2.34. The monoisotopic (exact) mass is 559 g/mol. The maximum absolute atomic E-state index is 12.5. The van der Waals surface area contributed by atoms with Crippen molar-refractivity contribution in [1.82, 2.24) is 4.90 Å². The van der Waals surface area contributed by atoms with Crippen LogP contribution in [0.5, 0.6) is 5.75 Å². The Bertz CT molecular complexity index is 1210. The minimum absolute atomic E-state index is 0.0347. The van der Waals surface area contributed by atoms with Crippen molar-refractivity contribution < 1.29 is 31.7 Å². The van der Waals surface area contributed by atoms with Gasteiger partial charge in [-0.1, -0.05) is 17.7 Å². The molecule has 8 nitrogen and oxygen atoms in total. The van der Waals surface area contributed by atoms with Crippen molar-refractivity contribution in [3.05, 3.63) is 62.4 Å². The number of rotatable bonds is 7. The van der Waals surface area contributed by atoms with Gasteiger partial charge in [-0.3, -0.25) is 19.3 Å². The summed E-state index contributed by atoms with van der Waals surface area (Å²) < 4.78 is 35.2. The number of esters is 1. The summed E-state index contributed by atoms with van der Waals surface area (Å²) in [6, 6.07) is 9.99. The maximum Gasteiger partial charge on any atom is 0.339 e. The van der Waals surface area contributed by atoms with Crippen LogP contribution >= 0.6 is 39.3 Å². The Kier molecular flexibility index (Phi) is 7.65. The third kappa shape index (κ3) is 5.71. The number of nitrogens with zero attached hydrogens (tertiary/aromatic N) is 1. The Morgan fingerprint density at radius 2 is 1.88 bits per heavy atom. The largest absolute Gasteiger partial charge is 0.465 e. The summed E-state index contributed by atoms with van der Waals surface area (Å²) in [5.74, 6) is -1.26. The summed E-state index contributed by atoms with van der Waals surface area (Å²) in [5, 5.41) is -0.191. The first-order valence-electron chi connectivity index (χ1n) is 9.01. The van der Waals surface area contributed by atoms with Crippen LogP contribution in [-0.4, -0.2) is 43.6 Å². The Balaban J connectivity index is 1.77. The van der Waals surface area contributed by atoms with Crippen molar-refractivity contribution in [2.45, 2.75) is 11.8 Å². The summed E-state index contributed by atoms with van der Waals surface area (Å²) in [5.41, 5.74) is 0.509. The molecule has 2 amide bonds. The summed E-state index contributed by atoms with van der Waals surface area (Å²) in [7, 11) is -4.08. The van der Waals surface area contributed by atoms with Gasteiger partial charge in [0.2, 0.25) is 0 Å². The van der Waals surface area contributed by atoms with E-state index in [1.807, 2.05) is 0 Å². The number of amides is 2. The Morgan fingerprint density at radius 3 is 2.50 bits per heavy atom. The van der Waals surface area contributed by atoms with Gasteiger partial charge in [0.05, 0.1) is 16.0 Å². The molecule has 3 rings (SSSR count). The first-order chi connectivity index (χ1) is 15.1. The van der Waals surface area contributed by atoms with E-state index in [-0.39, 0.29) is 22.2 Å². The van der Waals surface area contributed by atoms with Gasteiger partial charge in [-0.15, -0.1) is 0 Å². The van der Waals surface area contributed by atoms with Crippen LogP contribution in [0, 0.1) is 0 Å². The third-order valence-electron chi connectivity index (χ3n) is 4.02. The number of ether oxygens (including phenoxy) is 1. The molecule has 168 valence electrons. The van der Waals surface area contributed by atoms with Gasteiger partial charge in [0, 0.05) is 5.02 Å². The molecule has 0 bridgehead atoms. The first-order valence-corrected chi connectivity index (χ1v) is 12.4. The number of benzene rings is 2.